The van der Waals surface area contributed by atoms with Crippen molar-refractivity contribution in [3.8, 4) is 0 Å². The molecule has 31 heavy (non-hydrogen) atoms. The molecule has 1 saturated heterocycles. The van der Waals surface area contributed by atoms with Crippen LogP contribution in [0.1, 0.15) is 20.7 Å². The molecule has 2 heterocycles. The summed E-state index contributed by atoms with van der Waals surface area (Å²) in [6.07, 6.45) is 1.55. The van der Waals surface area contributed by atoms with Crippen molar-refractivity contribution in [2.45, 2.75) is 0 Å². The zero-order chi connectivity index (χ0) is 21.8. The maximum atomic E-state index is 13.5. The summed E-state index contributed by atoms with van der Waals surface area (Å²) in [5.74, 6) is -1.02. The number of pyridine rings is 1. The van der Waals surface area contributed by atoms with Crippen molar-refractivity contribution in [3.63, 3.8) is 0 Å². The molecule has 158 valence electrons. The quantitative estimate of drug-likeness (QED) is 0.696. The topological polar surface area (TPSA) is 65.5 Å². The number of benzene rings is 2. The second-order valence-corrected chi connectivity index (χ2v) is 7.13. The first-order valence-corrected chi connectivity index (χ1v) is 9.83. The number of hydrogen-bond donors (Lipinski definition) is 1. The van der Waals surface area contributed by atoms with Gasteiger partial charge < -0.3 is 15.1 Å². The minimum absolute atomic E-state index is 0.232. The molecule has 1 fully saturated rings. The van der Waals surface area contributed by atoms with Crippen LogP contribution in [0.4, 0.5) is 20.3 Å². The van der Waals surface area contributed by atoms with E-state index in [1.165, 1.54) is 30.3 Å². The maximum absolute atomic E-state index is 13.5. The molecule has 0 unspecified atom stereocenters. The lowest BCUT2D eigenvalue weighted by atomic mass is 10.1. The highest BCUT2D eigenvalue weighted by Gasteiger charge is 2.27. The lowest BCUT2D eigenvalue weighted by Gasteiger charge is -2.35. The highest BCUT2D eigenvalue weighted by Crippen LogP contribution is 2.21. The molecular weight excluding hydrogens is 402 g/mol. The fourth-order valence-electron chi connectivity index (χ4n) is 3.47. The number of carbonyl (C=O) groups is 2. The zero-order valence-corrected chi connectivity index (χ0v) is 16.6. The number of carbonyl (C=O) groups excluding carboxylic acids is 2. The zero-order valence-electron chi connectivity index (χ0n) is 16.6. The van der Waals surface area contributed by atoms with Gasteiger partial charge in [-0.1, -0.05) is 12.1 Å². The lowest BCUT2D eigenvalue weighted by molar-refractivity contribution is 0.0535. The molecule has 8 heteroatoms. The van der Waals surface area contributed by atoms with Gasteiger partial charge >= 0.3 is 0 Å². The molecule has 6 nitrogen and oxygen atoms in total. The van der Waals surface area contributed by atoms with Crippen molar-refractivity contribution in [2.24, 2.45) is 0 Å². The molecule has 0 aliphatic carbocycles. The predicted octanol–water partition coefficient (Wildman–Crippen LogP) is 3.70. The average molecular weight is 422 g/mol. The van der Waals surface area contributed by atoms with Crippen LogP contribution in [0.5, 0.6) is 0 Å². The lowest BCUT2D eigenvalue weighted by Crippen LogP contribution is -2.50. The van der Waals surface area contributed by atoms with Gasteiger partial charge in [0.25, 0.3) is 11.8 Å². The standard InChI is InChI=1S/C23H20F2N4O2/c24-17-5-1-4-16(14-17)22(30)28-10-12-29(13-11-28)23(31)20-8-3-9-26-21(20)27-19-7-2-6-18(25)15-19/h1-9,14-15H,10-13H2,(H,26,27). The van der Waals surface area contributed by atoms with Crippen LogP contribution in [0.2, 0.25) is 0 Å². The van der Waals surface area contributed by atoms with Crippen LogP contribution in [0.3, 0.4) is 0 Å². The summed E-state index contributed by atoms with van der Waals surface area (Å²) in [7, 11) is 0. The number of aromatic nitrogens is 1. The van der Waals surface area contributed by atoms with Crippen LogP contribution in [0.15, 0.2) is 66.9 Å². The molecule has 1 aliphatic rings. The van der Waals surface area contributed by atoms with E-state index in [0.717, 1.165) is 0 Å². The molecule has 0 atom stereocenters. The van der Waals surface area contributed by atoms with Crippen molar-refractivity contribution in [1.82, 2.24) is 14.8 Å². The Bertz CT molecular complexity index is 1110. The molecule has 2 amide bonds. The van der Waals surface area contributed by atoms with Gasteiger partial charge in [0.1, 0.15) is 17.5 Å². The third-order valence-electron chi connectivity index (χ3n) is 5.05. The molecule has 0 radical (unpaired) electrons. The van der Waals surface area contributed by atoms with Gasteiger partial charge in [0.15, 0.2) is 0 Å². The van der Waals surface area contributed by atoms with Crippen LogP contribution in [0.25, 0.3) is 0 Å². The molecule has 2 aromatic carbocycles. The number of hydrogen-bond acceptors (Lipinski definition) is 4. The van der Waals surface area contributed by atoms with Gasteiger partial charge in [0.2, 0.25) is 0 Å². The van der Waals surface area contributed by atoms with E-state index in [2.05, 4.69) is 10.3 Å². The van der Waals surface area contributed by atoms with E-state index in [0.29, 0.717) is 43.2 Å². The average Bonchev–Trinajstić information content (AvgIpc) is 2.79. The minimum Gasteiger partial charge on any atom is -0.339 e. The van der Waals surface area contributed by atoms with Crippen molar-refractivity contribution in [1.29, 1.82) is 0 Å². The number of halogens is 2. The second kappa shape index (κ2) is 8.91. The fraction of sp³-hybridized carbons (Fsp3) is 0.174. The molecule has 4 rings (SSSR count). The maximum Gasteiger partial charge on any atom is 0.257 e. The number of piperazine rings is 1. The Kier molecular flexibility index (Phi) is 5.88. The van der Waals surface area contributed by atoms with Crippen LogP contribution >= 0.6 is 0 Å². The van der Waals surface area contributed by atoms with E-state index in [9.17, 15) is 18.4 Å². The Morgan fingerprint density at radius 3 is 2.13 bits per heavy atom. The van der Waals surface area contributed by atoms with Crippen molar-refractivity contribution >= 4 is 23.3 Å². The van der Waals surface area contributed by atoms with Gasteiger partial charge in [0.05, 0.1) is 5.56 Å². The van der Waals surface area contributed by atoms with Crippen LogP contribution < -0.4 is 5.32 Å². The number of rotatable bonds is 4. The molecule has 0 bridgehead atoms. The van der Waals surface area contributed by atoms with Crippen molar-refractivity contribution in [2.75, 3.05) is 31.5 Å². The Hall–Kier alpha value is -3.81. The number of anilines is 2. The Morgan fingerprint density at radius 1 is 0.806 bits per heavy atom. The monoisotopic (exact) mass is 422 g/mol. The van der Waals surface area contributed by atoms with Crippen molar-refractivity contribution in [3.05, 3.63) is 89.6 Å². The van der Waals surface area contributed by atoms with Crippen molar-refractivity contribution < 1.29 is 18.4 Å². The summed E-state index contributed by atoms with van der Waals surface area (Å²) in [6, 6.07) is 14.8. The van der Waals surface area contributed by atoms with Crippen LogP contribution in [0, 0.1) is 11.6 Å². The van der Waals surface area contributed by atoms with E-state index in [1.54, 1.807) is 46.3 Å². The summed E-state index contributed by atoms with van der Waals surface area (Å²) in [6.45, 7) is 1.37. The summed E-state index contributed by atoms with van der Waals surface area (Å²) in [5, 5.41) is 2.99. The highest BCUT2D eigenvalue weighted by atomic mass is 19.1. The minimum atomic E-state index is -0.463. The smallest absolute Gasteiger partial charge is 0.257 e. The third-order valence-corrected chi connectivity index (χ3v) is 5.05. The molecule has 1 aliphatic heterocycles. The highest BCUT2D eigenvalue weighted by molar-refractivity contribution is 5.99. The van der Waals surface area contributed by atoms with E-state index in [-0.39, 0.29) is 17.4 Å². The van der Waals surface area contributed by atoms with E-state index >= 15 is 0 Å². The van der Waals surface area contributed by atoms with Gasteiger partial charge in [0, 0.05) is 43.6 Å². The Labute approximate surface area is 178 Å². The van der Waals surface area contributed by atoms with Crippen LogP contribution in [-0.2, 0) is 0 Å². The van der Waals surface area contributed by atoms with Gasteiger partial charge in [-0.2, -0.15) is 0 Å². The van der Waals surface area contributed by atoms with E-state index in [4.69, 9.17) is 0 Å². The number of amides is 2. The summed E-state index contributed by atoms with van der Waals surface area (Å²) < 4.78 is 26.9. The Balaban J connectivity index is 1.44. The second-order valence-electron chi connectivity index (χ2n) is 7.13. The van der Waals surface area contributed by atoms with Gasteiger partial charge in [-0.05, 0) is 48.5 Å². The summed E-state index contributed by atoms with van der Waals surface area (Å²) in [5.41, 5.74) is 1.13. The Morgan fingerprint density at radius 2 is 1.45 bits per heavy atom. The number of nitrogens with zero attached hydrogens (tertiary/aromatic N) is 3. The first-order chi connectivity index (χ1) is 15.0. The first-order valence-electron chi connectivity index (χ1n) is 9.83. The van der Waals surface area contributed by atoms with E-state index in [1.807, 2.05) is 0 Å². The SMILES string of the molecule is O=C(c1cccc(F)c1)N1CCN(C(=O)c2cccnc2Nc2cccc(F)c2)CC1. The number of nitrogens with one attached hydrogen (secondary N) is 1. The molecule has 0 saturated carbocycles. The van der Waals surface area contributed by atoms with Gasteiger partial charge in [-0.25, -0.2) is 13.8 Å². The van der Waals surface area contributed by atoms with E-state index < -0.39 is 11.6 Å². The molecular formula is C23H20F2N4O2. The largest absolute Gasteiger partial charge is 0.339 e. The normalized spacial score (nSPS) is 13.7. The molecule has 0 spiro atoms. The van der Waals surface area contributed by atoms with Gasteiger partial charge in [-0.3, -0.25) is 9.59 Å². The first kappa shape index (κ1) is 20.5. The predicted molar refractivity (Wildman–Crippen MR) is 112 cm³/mol. The molecule has 1 aromatic heterocycles. The molecule has 1 N–H and O–H groups in total. The third kappa shape index (κ3) is 4.69. The summed E-state index contributed by atoms with van der Waals surface area (Å²) >= 11 is 0. The molecule has 3 aromatic rings. The van der Waals surface area contributed by atoms with Crippen LogP contribution in [-0.4, -0.2) is 52.8 Å². The fourth-order valence-corrected chi connectivity index (χ4v) is 3.47. The van der Waals surface area contributed by atoms with Gasteiger partial charge in [-0.15, -0.1) is 0 Å². The summed E-state index contributed by atoms with van der Waals surface area (Å²) in [4.78, 5) is 33.2.